The number of nitrogens with one attached hydrogen (secondary N) is 2. The van der Waals surface area contributed by atoms with Crippen molar-refractivity contribution in [2.75, 3.05) is 17.7 Å². The lowest BCUT2D eigenvalue weighted by atomic mass is 10.3. The topological polar surface area (TPSA) is 49.8 Å². The Morgan fingerprint density at radius 1 is 1.19 bits per heavy atom. The van der Waals surface area contributed by atoms with E-state index in [1.807, 2.05) is 0 Å². The molecule has 2 rings (SSSR count). The van der Waals surface area contributed by atoms with E-state index in [0.29, 0.717) is 6.07 Å². The first kappa shape index (κ1) is 15.3. The van der Waals surface area contributed by atoms with E-state index in [1.54, 1.807) is 0 Å². The van der Waals surface area contributed by atoms with Gasteiger partial charge in [-0.25, -0.2) is 9.37 Å². The minimum Gasteiger partial charge on any atom is -0.357 e. The summed E-state index contributed by atoms with van der Waals surface area (Å²) in [5.74, 6) is -1.19. The smallest absolute Gasteiger partial charge is 0.357 e. The minimum absolute atomic E-state index is 0.0215. The van der Waals surface area contributed by atoms with Gasteiger partial charge in [-0.1, -0.05) is 17.7 Å². The summed E-state index contributed by atoms with van der Waals surface area (Å²) >= 11 is 5.80. The Hall–Kier alpha value is -2.09. The molecule has 2 aromatic rings. The fourth-order valence-electron chi connectivity index (χ4n) is 1.51. The van der Waals surface area contributed by atoms with Crippen molar-refractivity contribution in [1.29, 1.82) is 0 Å². The average molecular weight is 321 g/mol. The molecule has 1 heterocycles. The Kier molecular flexibility index (Phi) is 4.17. The molecule has 0 aliphatic heterocycles. The molecule has 1 aromatic heterocycles. The van der Waals surface area contributed by atoms with Crippen LogP contribution in [0.3, 0.4) is 0 Å². The van der Waals surface area contributed by atoms with E-state index in [2.05, 4.69) is 20.6 Å². The Bertz CT molecular complexity index is 640. The van der Waals surface area contributed by atoms with E-state index in [1.165, 1.54) is 19.2 Å². The van der Waals surface area contributed by atoms with Gasteiger partial charge >= 0.3 is 6.18 Å². The number of benzene rings is 1. The van der Waals surface area contributed by atoms with Crippen molar-refractivity contribution in [2.45, 2.75) is 6.18 Å². The lowest BCUT2D eigenvalue weighted by molar-refractivity contribution is -0.141. The number of alkyl halides is 3. The first-order chi connectivity index (χ1) is 9.81. The number of halogens is 5. The fraction of sp³-hybridized carbons (Fsp3) is 0.167. The molecule has 0 bridgehead atoms. The van der Waals surface area contributed by atoms with Gasteiger partial charge in [0.1, 0.15) is 11.6 Å². The van der Waals surface area contributed by atoms with E-state index in [9.17, 15) is 17.6 Å². The predicted octanol–water partition coefficient (Wildman–Crippen LogP) is 4.07. The molecule has 0 spiro atoms. The summed E-state index contributed by atoms with van der Waals surface area (Å²) in [7, 11) is 1.37. The largest absolute Gasteiger partial charge is 0.433 e. The second-order valence-corrected chi connectivity index (χ2v) is 4.34. The van der Waals surface area contributed by atoms with Gasteiger partial charge in [0.25, 0.3) is 0 Å². The third-order valence-electron chi connectivity index (χ3n) is 2.46. The molecule has 4 nitrogen and oxygen atoms in total. The predicted molar refractivity (Wildman–Crippen MR) is 71.3 cm³/mol. The van der Waals surface area contributed by atoms with Gasteiger partial charge in [0.05, 0.1) is 10.7 Å². The van der Waals surface area contributed by atoms with Crippen molar-refractivity contribution in [3.8, 4) is 0 Å². The molecule has 0 unspecified atom stereocenters. The number of hydrogen-bond donors (Lipinski definition) is 2. The molecule has 2 N–H and O–H groups in total. The van der Waals surface area contributed by atoms with Crippen LogP contribution in [0.2, 0.25) is 5.02 Å². The lowest BCUT2D eigenvalue weighted by Gasteiger charge is -2.12. The molecule has 0 saturated heterocycles. The summed E-state index contributed by atoms with van der Waals surface area (Å²) in [5.41, 5.74) is -1.31. The normalized spacial score (nSPS) is 11.3. The molecular formula is C12H9ClF4N4. The Balaban J connectivity index is 2.45. The van der Waals surface area contributed by atoms with Crippen LogP contribution in [0.5, 0.6) is 0 Å². The van der Waals surface area contributed by atoms with Gasteiger partial charge in [-0.2, -0.15) is 18.2 Å². The van der Waals surface area contributed by atoms with Crippen molar-refractivity contribution in [1.82, 2.24) is 9.97 Å². The maximum atomic E-state index is 13.6. The van der Waals surface area contributed by atoms with E-state index >= 15 is 0 Å². The highest BCUT2D eigenvalue weighted by Crippen LogP contribution is 2.32. The van der Waals surface area contributed by atoms with Gasteiger partial charge in [-0.3, -0.25) is 0 Å². The van der Waals surface area contributed by atoms with E-state index in [-0.39, 0.29) is 22.5 Å². The molecule has 0 aliphatic rings. The molecule has 21 heavy (non-hydrogen) atoms. The molecule has 0 radical (unpaired) electrons. The van der Waals surface area contributed by atoms with E-state index in [4.69, 9.17) is 11.6 Å². The number of hydrogen-bond acceptors (Lipinski definition) is 4. The summed E-state index contributed by atoms with van der Waals surface area (Å²) in [6.45, 7) is 0. The maximum absolute atomic E-state index is 13.6. The van der Waals surface area contributed by atoms with E-state index in [0.717, 1.165) is 6.07 Å². The molecule has 1 aromatic carbocycles. The molecule has 9 heteroatoms. The first-order valence-corrected chi connectivity index (χ1v) is 6.04. The number of anilines is 3. The van der Waals surface area contributed by atoms with Crippen molar-refractivity contribution in [2.24, 2.45) is 0 Å². The lowest BCUT2D eigenvalue weighted by Crippen LogP contribution is -2.12. The molecule has 0 saturated carbocycles. The van der Waals surface area contributed by atoms with Gasteiger partial charge in [0, 0.05) is 13.1 Å². The summed E-state index contributed by atoms with van der Waals surface area (Å²) in [4.78, 5) is 7.08. The monoisotopic (exact) mass is 320 g/mol. The first-order valence-electron chi connectivity index (χ1n) is 5.66. The SMILES string of the molecule is CNc1nc(Nc2c(F)cccc2Cl)cc(C(F)(F)F)n1. The van der Waals surface area contributed by atoms with Gasteiger partial charge in [0.2, 0.25) is 5.95 Å². The second-order valence-electron chi connectivity index (χ2n) is 3.93. The van der Waals surface area contributed by atoms with Crippen molar-refractivity contribution >= 4 is 29.1 Å². The highest BCUT2D eigenvalue weighted by Gasteiger charge is 2.33. The van der Waals surface area contributed by atoms with Crippen LogP contribution in [0.25, 0.3) is 0 Å². The van der Waals surface area contributed by atoms with Gasteiger partial charge in [0.15, 0.2) is 5.69 Å². The summed E-state index contributed by atoms with van der Waals surface area (Å²) < 4.78 is 51.8. The summed E-state index contributed by atoms with van der Waals surface area (Å²) in [6.07, 6.45) is -4.65. The van der Waals surface area contributed by atoms with Crippen LogP contribution in [0.4, 0.5) is 35.0 Å². The zero-order valence-corrected chi connectivity index (χ0v) is 11.3. The highest BCUT2D eigenvalue weighted by molar-refractivity contribution is 6.33. The molecule has 0 fully saturated rings. The highest BCUT2D eigenvalue weighted by atomic mass is 35.5. The molecule has 0 aliphatic carbocycles. The zero-order chi connectivity index (χ0) is 15.6. The zero-order valence-electron chi connectivity index (χ0n) is 10.6. The number of aromatic nitrogens is 2. The second kappa shape index (κ2) is 5.72. The van der Waals surface area contributed by atoms with Gasteiger partial charge in [-0.15, -0.1) is 0 Å². The molecule has 112 valence electrons. The standard InChI is InChI=1S/C12H9ClF4N4/c1-18-11-19-8(12(15,16)17)5-9(21-11)20-10-6(13)3-2-4-7(10)14/h2-5H,1H3,(H2,18,19,20,21). The van der Waals surface area contributed by atoms with Gasteiger partial charge in [-0.05, 0) is 12.1 Å². The third kappa shape index (κ3) is 3.52. The Morgan fingerprint density at radius 3 is 2.48 bits per heavy atom. The van der Waals surface area contributed by atoms with Crippen LogP contribution in [-0.2, 0) is 6.18 Å². The van der Waals surface area contributed by atoms with Crippen LogP contribution < -0.4 is 10.6 Å². The Morgan fingerprint density at radius 2 is 1.90 bits per heavy atom. The number of nitrogens with zero attached hydrogens (tertiary/aromatic N) is 2. The van der Waals surface area contributed by atoms with Crippen molar-refractivity contribution in [3.05, 3.63) is 40.8 Å². The minimum atomic E-state index is -4.65. The number of rotatable bonds is 3. The number of para-hydroxylation sites is 1. The van der Waals surface area contributed by atoms with Crippen LogP contribution in [-0.4, -0.2) is 17.0 Å². The van der Waals surface area contributed by atoms with Crippen molar-refractivity contribution < 1.29 is 17.6 Å². The van der Waals surface area contributed by atoms with Crippen LogP contribution >= 0.6 is 11.6 Å². The molecular weight excluding hydrogens is 312 g/mol. The van der Waals surface area contributed by atoms with Crippen LogP contribution in [0, 0.1) is 5.82 Å². The molecule has 0 atom stereocenters. The Labute approximate surface area is 122 Å². The van der Waals surface area contributed by atoms with Crippen LogP contribution in [0.15, 0.2) is 24.3 Å². The van der Waals surface area contributed by atoms with Crippen molar-refractivity contribution in [3.63, 3.8) is 0 Å². The third-order valence-corrected chi connectivity index (χ3v) is 2.77. The fourth-order valence-corrected chi connectivity index (χ4v) is 1.72. The summed E-state index contributed by atoms with van der Waals surface area (Å²) in [6, 6.07) is 4.57. The summed E-state index contributed by atoms with van der Waals surface area (Å²) in [5, 5.41) is 4.86. The van der Waals surface area contributed by atoms with Gasteiger partial charge < -0.3 is 10.6 Å². The quantitative estimate of drug-likeness (QED) is 0.837. The van der Waals surface area contributed by atoms with E-state index < -0.39 is 17.7 Å². The average Bonchev–Trinajstić information content (AvgIpc) is 2.42. The molecule has 0 amide bonds. The van der Waals surface area contributed by atoms with Crippen LogP contribution in [0.1, 0.15) is 5.69 Å². The maximum Gasteiger partial charge on any atom is 0.433 e.